The predicted molar refractivity (Wildman–Crippen MR) is 128 cm³/mol. The minimum Gasteiger partial charge on any atom is -0.508 e. The number of benzene rings is 1. The largest absolute Gasteiger partial charge is 0.508 e. The first-order valence-electron chi connectivity index (χ1n) is 11.4. The van der Waals surface area contributed by atoms with Gasteiger partial charge in [-0.15, -0.1) is 0 Å². The number of halogens is 1. The summed E-state index contributed by atoms with van der Waals surface area (Å²) in [5.74, 6) is 1.12. The zero-order chi connectivity index (χ0) is 22.3. The maximum Gasteiger partial charge on any atom is 0.123 e. The lowest BCUT2D eigenvalue weighted by Crippen LogP contribution is -2.29. The van der Waals surface area contributed by atoms with Crippen molar-refractivity contribution < 1.29 is 10.2 Å². The Morgan fingerprint density at radius 3 is 2.33 bits per heavy atom. The van der Waals surface area contributed by atoms with Gasteiger partial charge in [-0.05, 0) is 78.5 Å². The number of hydrogen-bond donors (Lipinski definition) is 2. The summed E-state index contributed by atoms with van der Waals surface area (Å²) in [4.78, 5) is 2.99. The monoisotopic (exact) mass is 479 g/mol. The average molecular weight is 480 g/mol. The maximum atomic E-state index is 11.0. The van der Waals surface area contributed by atoms with Gasteiger partial charge in [0.25, 0.3) is 0 Å². The van der Waals surface area contributed by atoms with Gasteiger partial charge in [0.15, 0.2) is 0 Å². The van der Waals surface area contributed by atoms with Crippen molar-refractivity contribution in [1.29, 1.82) is 0 Å². The Labute approximate surface area is 190 Å². The van der Waals surface area contributed by atoms with Crippen LogP contribution in [0.25, 0.3) is 10.4 Å². The van der Waals surface area contributed by atoms with Crippen LogP contribution in [-0.2, 0) is 5.41 Å². The maximum absolute atomic E-state index is 11.0. The van der Waals surface area contributed by atoms with Gasteiger partial charge in [0.1, 0.15) is 11.5 Å². The van der Waals surface area contributed by atoms with E-state index in [-0.39, 0.29) is 28.9 Å². The van der Waals surface area contributed by atoms with E-state index in [9.17, 15) is 10.2 Å². The van der Waals surface area contributed by atoms with Crippen molar-refractivity contribution >= 4 is 15.9 Å². The molecular formula is C24H38BrN3O2. The second-order valence-electron chi connectivity index (χ2n) is 9.85. The molecule has 3 atom stereocenters. The van der Waals surface area contributed by atoms with E-state index in [1.54, 1.807) is 0 Å². The van der Waals surface area contributed by atoms with Gasteiger partial charge in [0, 0.05) is 21.8 Å². The minimum atomic E-state index is -0.112. The molecule has 0 heterocycles. The number of phenols is 2. The van der Waals surface area contributed by atoms with Crippen LogP contribution >= 0.6 is 15.9 Å². The second-order valence-corrected chi connectivity index (χ2v) is 10.6. The topological polar surface area (TPSA) is 89.2 Å². The Morgan fingerprint density at radius 2 is 1.77 bits per heavy atom. The summed E-state index contributed by atoms with van der Waals surface area (Å²) in [5, 5.41) is 26.9. The van der Waals surface area contributed by atoms with Gasteiger partial charge in [-0.2, -0.15) is 0 Å². The van der Waals surface area contributed by atoms with Crippen LogP contribution in [0.3, 0.4) is 0 Å². The molecule has 1 fully saturated rings. The molecule has 1 saturated carbocycles. The summed E-state index contributed by atoms with van der Waals surface area (Å²) in [6.45, 7) is 8.74. The number of unbranched alkanes of at least 4 members (excludes halogenated alkanes) is 3. The van der Waals surface area contributed by atoms with Crippen LogP contribution in [0.15, 0.2) is 17.2 Å². The van der Waals surface area contributed by atoms with Gasteiger partial charge in [0.2, 0.25) is 0 Å². The SMILES string of the molecule is CC(C)[C@@H]1CC[C@@H](N=[N+]=[N-])C[C@H]1c1c(O)cc(C(C)(C)CCCCCCBr)cc1O. The molecule has 2 N–H and O–H groups in total. The highest BCUT2D eigenvalue weighted by atomic mass is 79.9. The van der Waals surface area contributed by atoms with Crippen LogP contribution in [0.1, 0.15) is 96.1 Å². The van der Waals surface area contributed by atoms with Crippen LogP contribution in [0.4, 0.5) is 0 Å². The van der Waals surface area contributed by atoms with Crippen molar-refractivity contribution in [3.8, 4) is 11.5 Å². The lowest BCUT2D eigenvalue weighted by atomic mass is 9.68. The fraction of sp³-hybridized carbons (Fsp3) is 0.750. The van der Waals surface area contributed by atoms with Crippen LogP contribution in [0.2, 0.25) is 0 Å². The van der Waals surface area contributed by atoms with Crippen molar-refractivity contribution in [2.75, 3.05) is 5.33 Å². The van der Waals surface area contributed by atoms with Crippen molar-refractivity contribution in [3.63, 3.8) is 0 Å². The Kier molecular flexibility index (Phi) is 9.36. The first-order chi connectivity index (χ1) is 14.2. The van der Waals surface area contributed by atoms with Gasteiger partial charge in [0.05, 0.1) is 0 Å². The highest BCUT2D eigenvalue weighted by Crippen LogP contribution is 2.49. The molecule has 0 spiro atoms. The molecule has 0 radical (unpaired) electrons. The summed E-state index contributed by atoms with van der Waals surface area (Å²) < 4.78 is 0. The quantitative estimate of drug-likeness (QED) is 0.117. The first-order valence-corrected chi connectivity index (χ1v) is 12.5. The third-order valence-corrected chi connectivity index (χ3v) is 7.48. The van der Waals surface area contributed by atoms with E-state index in [0.717, 1.165) is 36.6 Å². The van der Waals surface area contributed by atoms with Crippen LogP contribution in [0.5, 0.6) is 11.5 Å². The van der Waals surface area contributed by atoms with E-state index >= 15 is 0 Å². The van der Waals surface area contributed by atoms with E-state index < -0.39 is 0 Å². The highest BCUT2D eigenvalue weighted by Gasteiger charge is 2.36. The molecule has 5 nitrogen and oxygen atoms in total. The minimum absolute atomic E-state index is 0.00402. The lowest BCUT2D eigenvalue weighted by molar-refractivity contribution is 0.214. The number of aromatic hydroxyl groups is 2. The third kappa shape index (κ3) is 6.31. The summed E-state index contributed by atoms with van der Waals surface area (Å²) in [6.07, 6.45) is 8.25. The van der Waals surface area contributed by atoms with E-state index in [1.807, 2.05) is 12.1 Å². The molecule has 1 aliphatic carbocycles. The summed E-state index contributed by atoms with van der Waals surface area (Å²) in [5.41, 5.74) is 10.4. The molecule has 6 heteroatoms. The molecule has 1 aliphatic rings. The van der Waals surface area contributed by atoms with E-state index in [1.165, 1.54) is 19.3 Å². The van der Waals surface area contributed by atoms with Gasteiger partial charge < -0.3 is 10.2 Å². The number of phenolic OH excluding ortho intramolecular Hbond substituents is 2. The third-order valence-electron chi connectivity index (χ3n) is 6.92. The van der Waals surface area contributed by atoms with Gasteiger partial charge in [-0.3, -0.25) is 0 Å². The standard InChI is InChI=1S/C24H38BrN3O2/c1-16(2)19-10-9-18(27-28-26)15-20(19)23-21(29)13-17(14-22(23)30)24(3,4)11-7-5-6-8-12-25/h13-14,16,18-20,29-30H,5-12,15H2,1-4H3/t18-,19+,20-/m1/s1. The average Bonchev–Trinajstić information content (AvgIpc) is 2.67. The van der Waals surface area contributed by atoms with Crippen LogP contribution < -0.4 is 0 Å². The number of alkyl halides is 1. The number of nitrogens with zero attached hydrogens (tertiary/aromatic N) is 3. The molecule has 1 aromatic rings. The molecule has 2 rings (SSSR count). The number of azide groups is 1. The number of hydrogen-bond acceptors (Lipinski definition) is 3. The Balaban J connectivity index is 2.26. The summed E-state index contributed by atoms with van der Waals surface area (Å²) >= 11 is 3.48. The number of rotatable bonds is 10. The predicted octanol–water partition coefficient (Wildman–Crippen LogP) is 7.94. The van der Waals surface area contributed by atoms with E-state index in [2.05, 4.69) is 53.7 Å². The molecule has 30 heavy (non-hydrogen) atoms. The molecule has 0 unspecified atom stereocenters. The Hall–Kier alpha value is -1.39. The molecule has 0 amide bonds. The zero-order valence-electron chi connectivity index (χ0n) is 18.9. The zero-order valence-corrected chi connectivity index (χ0v) is 20.5. The molecule has 168 valence electrons. The fourth-order valence-corrected chi connectivity index (χ4v) is 5.43. The lowest BCUT2D eigenvalue weighted by Gasteiger charge is -2.38. The van der Waals surface area contributed by atoms with Crippen molar-refractivity contribution in [2.24, 2.45) is 17.0 Å². The van der Waals surface area contributed by atoms with Gasteiger partial charge in [-0.1, -0.05) is 68.0 Å². The van der Waals surface area contributed by atoms with E-state index in [0.29, 0.717) is 23.8 Å². The summed E-state index contributed by atoms with van der Waals surface area (Å²) in [6, 6.07) is 3.62. The molecule has 0 bridgehead atoms. The first kappa shape index (κ1) is 24.9. The fourth-order valence-electron chi connectivity index (χ4n) is 5.03. The molecule has 0 saturated heterocycles. The van der Waals surface area contributed by atoms with E-state index in [4.69, 9.17) is 5.53 Å². The Morgan fingerprint density at radius 1 is 1.13 bits per heavy atom. The van der Waals surface area contributed by atoms with Gasteiger partial charge >= 0.3 is 0 Å². The van der Waals surface area contributed by atoms with Gasteiger partial charge in [-0.25, -0.2) is 0 Å². The summed E-state index contributed by atoms with van der Waals surface area (Å²) in [7, 11) is 0. The normalized spacial score (nSPS) is 22.1. The van der Waals surface area contributed by atoms with Crippen LogP contribution in [-0.4, -0.2) is 21.6 Å². The molecular weight excluding hydrogens is 442 g/mol. The molecule has 1 aromatic carbocycles. The van der Waals surface area contributed by atoms with Crippen molar-refractivity contribution in [2.45, 2.75) is 96.4 Å². The second kappa shape index (κ2) is 11.3. The Bertz CT molecular complexity index is 721. The van der Waals surface area contributed by atoms with Crippen LogP contribution in [0, 0.1) is 11.8 Å². The molecule has 0 aromatic heterocycles. The smallest absolute Gasteiger partial charge is 0.123 e. The molecule has 0 aliphatic heterocycles. The van der Waals surface area contributed by atoms with Crippen molar-refractivity contribution in [1.82, 2.24) is 0 Å². The highest BCUT2D eigenvalue weighted by molar-refractivity contribution is 9.09. The van der Waals surface area contributed by atoms with Crippen molar-refractivity contribution in [3.05, 3.63) is 33.7 Å².